The third-order valence-electron chi connectivity index (χ3n) is 12.2. The summed E-state index contributed by atoms with van der Waals surface area (Å²) in [6, 6.07) is -0.703. The maximum absolute atomic E-state index is 14.7. The summed E-state index contributed by atoms with van der Waals surface area (Å²) in [7, 11) is 1.41. The zero-order valence-corrected chi connectivity index (χ0v) is 36.9. The molecule has 4 rings (SSSR count). The number of nitrogens with one attached hydrogen (secondary N) is 4. The van der Waals surface area contributed by atoms with Crippen molar-refractivity contribution in [3.63, 3.8) is 0 Å². The first-order valence-corrected chi connectivity index (χ1v) is 21.8. The average Bonchev–Trinajstić information content (AvgIpc) is 3.24. The Balaban J connectivity index is 1.84. The van der Waals surface area contributed by atoms with Gasteiger partial charge in [0.1, 0.15) is 54.6 Å². The number of aliphatic hydroxyl groups excluding tert-OH is 2. The first kappa shape index (κ1) is 50.2. The van der Waals surface area contributed by atoms with Gasteiger partial charge in [-0.3, -0.25) is 33.6 Å². The van der Waals surface area contributed by atoms with E-state index in [0.29, 0.717) is 24.8 Å². The van der Waals surface area contributed by atoms with Crippen LogP contribution in [-0.4, -0.2) is 140 Å². The Labute approximate surface area is 367 Å². The Bertz CT molecular complexity index is 1850. The zero-order valence-electron chi connectivity index (χ0n) is 36.9. The highest BCUT2D eigenvalue weighted by Gasteiger charge is 2.47. The molecule has 3 unspecified atom stereocenters. The van der Waals surface area contributed by atoms with Gasteiger partial charge >= 0.3 is 11.9 Å². The molecular formula is C44H65N7O12. The fraction of sp³-hybridized carbons (Fsp3) is 0.636. The first-order valence-electron chi connectivity index (χ1n) is 21.8. The summed E-state index contributed by atoms with van der Waals surface area (Å²) in [5.41, 5.74) is 6.30. The van der Waals surface area contributed by atoms with Crippen molar-refractivity contribution in [3.05, 3.63) is 48.0 Å². The average molecular weight is 884 g/mol. The van der Waals surface area contributed by atoms with Gasteiger partial charge in [0.15, 0.2) is 0 Å². The Kier molecular flexibility index (Phi) is 18.2. The van der Waals surface area contributed by atoms with Crippen molar-refractivity contribution in [2.75, 3.05) is 7.05 Å². The summed E-state index contributed by atoms with van der Waals surface area (Å²) in [6.07, 6.45) is 0.0986. The molecule has 0 saturated carbocycles. The predicted octanol–water partition coefficient (Wildman–Crippen LogP) is -0.139. The Morgan fingerprint density at radius 1 is 0.905 bits per heavy atom. The van der Waals surface area contributed by atoms with Gasteiger partial charge in [-0.05, 0) is 68.8 Å². The number of nitrogens with zero attached hydrogens (tertiary/aromatic N) is 2. The number of carbonyl (C=O) groups excluding carboxylic acids is 7. The lowest BCUT2D eigenvalue weighted by atomic mass is 9.88. The smallest absolute Gasteiger partial charge is 0.329 e. The molecule has 6 amide bonds. The molecule has 1 aromatic carbocycles. The van der Waals surface area contributed by atoms with E-state index >= 15 is 0 Å². The number of aliphatic hydroxyl groups is 2. The molecule has 63 heavy (non-hydrogen) atoms. The lowest BCUT2D eigenvalue weighted by molar-refractivity contribution is -0.167. The van der Waals surface area contributed by atoms with Crippen LogP contribution in [0.15, 0.2) is 42.5 Å². The fourth-order valence-electron chi connectivity index (χ4n) is 8.11. The highest BCUT2D eigenvalue weighted by Crippen LogP contribution is 2.27. The van der Waals surface area contributed by atoms with E-state index in [4.69, 9.17) is 10.5 Å². The van der Waals surface area contributed by atoms with Gasteiger partial charge < -0.3 is 56.9 Å². The SMILES string of the molecule is CC[C@H](C)[C@@H]1NC(=O)[C@H](Cc2ccccc2)N(C)C(=O)C(C(C)C)N2C(=O)[C@H](CC[C@H]2O)NC(=O)C(C[C@H]2C=C[C@H](O)CC2)NC(=O)C(NC(=O)CC[C@H](N)C(=O)O)[C@@H](C)OC1=O. The second-order valence-corrected chi connectivity index (χ2v) is 17.3. The highest BCUT2D eigenvalue weighted by molar-refractivity contribution is 5.98. The molecule has 1 aliphatic carbocycles. The number of carbonyl (C=O) groups is 8. The van der Waals surface area contributed by atoms with E-state index < -0.39 is 126 Å². The number of carboxylic acid groups (broad SMARTS) is 1. The Hall–Kier alpha value is -5.40. The Morgan fingerprint density at radius 2 is 1.59 bits per heavy atom. The van der Waals surface area contributed by atoms with Crippen LogP contribution in [0.4, 0.5) is 0 Å². The lowest BCUT2D eigenvalue weighted by Gasteiger charge is -2.44. The van der Waals surface area contributed by atoms with E-state index in [1.165, 1.54) is 18.9 Å². The molecule has 2 fully saturated rings. The van der Waals surface area contributed by atoms with Crippen LogP contribution in [0.5, 0.6) is 0 Å². The first-order chi connectivity index (χ1) is 29.7. The van der Waals surface area contributed by atoms with E-state index in [9.17, 15) is 53.7 Å². The summed E-state index contributed by atoms with van der Waals surface area (Å²) in [6.45, 7) is 8.19. The quantitative estimate of drug-likeness (QED) is 0.100. The van der Waals surface area contributed by atoms with Gasteiger partial charge in [0.05, 0.1) is 6.10 Å². The fourth-order valence-corrected chi connectivity index (χ4v) is 8.11. The molecular weight excluding hydrogens is 819 g/mol. The van der Waals surface area contributed by atoms with Gasteiger partial charge in [-0.1, -0.05) is 76.6 Å². The van der Waals surface area contributed by atoms with Gasteiger partial charge in [0, 0.05) is 19.9 Å². The number of aliphatic carboxylic acids is 1. The van der Waals surface area contributed by atoms with Crippen molar-refractivity contribution in [2.45, 2.75) is 153 Å². The largest absolute Gasteiger partial charge is 0.480 e. The molecule has 1 aromatic rings. The van der Waals surface area contributed by atoms with E-state index in [-0.39, 0.29) is 38.0 Å². The summed E-state index contributed by atoms with van der Waals surface area (Å²) in [5.74, 6) is -8.53. The molecule has 9 N–H and O–H groups in total. The molecule has 0 aromatic heterocycles. The number of hydrogen-bond acceptors (Lipinski definition) is 12. The number of nitrogens with two attached hydrogens (primary N) is 1. The minimum Gasteiger partial charge on any atom is -0.480 e. The van der Waals surface area contributed by atoms with Gasteiger partial charge in [-0.25, -0.2) is 4.79 Å². The number of hydrogen-bond donors (Lipinski definition) is 8. The number of rotatable bonds is 12. The van der Waals surface area contributed by atoms with Gasteiger partial charge in [-0.2, -0.15) is 0 Å². The molecule has 0 spiro atoms. The second-order valence-electron chi connectivity index (χ2n) is 17.3. The number of cyclic esters (lactones) is 1. The van der Waals surface area contributed by atoms with E-state index in [0.717, 1.165) is 4.90 Å². The highest BCUT2D eigenvalue weighted by atomic mass is 16.5. The third kappa shape index (κ3) is 13.3. The van der Waals surface area contributed by atoms with Gasteiger partial charge in [0.25, 0.3) is 0 Å². The van der Waals surface area contributed by atoms with Crippen LogP contribution in [0.25, 0.3) is 0 Å². The van der Waals surface area contributed by atoms with Crippen LogP contribution in [0.1, 0.15) is 91.5 Å². The minimum atomic E-state index is -1.67. The number of esters is 1. The number of likely N-dealkylation sites (N-methyl/N-ethyl adjacent to an activating group) is 1. The normalized spacial score (nSPS) is 30.2. The van der Waals surface area contributed by atoms with Crippen molar-refractivity contribution in [1.82, 2.24) is 31.1 Å². The van der Waals surface area contributed by atoms with Crippen LogP contribution in [-0.2, 0) is 49.5 Å². The van der Waals surface area contributed by atoms with E-state index in [1.807, 2.05) is 0 Å². The number of amides is 6. The van der Waals surface area contributed by atoms with E-state index in [2.05, 4.69) is 21.3 Å². The summed E-state index contributed by atoms with van der Waals surface area (Å²) in [4.78, 5) is 113. The van der Waals surface area contributed by atoms with Crippen molar-refractivity contribution < 1.29 is 58.4 Å². The molecule has 2 bridgehead atoms. The Morgan fingerprint density at radius 3 is 2.19 bits per heavy atom. The monoisotopic (exact) mass is 883 g/mol. The molecule has 12 atom stereocenters. The summed E-state index contributed by atoms with van der Waals surface area (Å²) >= 11 is 0. The molecule has 348 valence electrons. The van der Waals surface area contributed by atoms with Crippen LogP contribution in [0.2, 0.25) is 0 Å². The number of ether oxygens (including phenoxy) is 1. The standard InChI is InChI=1S/C44H65N7O12/c1-7-24(4)35-44(62)63-25(5)36(48-33(53)19-17-29(45)43(60)61)40(57)47-31(21-27-13-15-28(52)16-14-27)38(55)46-30-18-20-34(54)51(41(30)58)37(23(2)3)42(59)50(6)32(39(56)49-35)22-26-11-9-8-10-12-26/h8-13,15,23-25,27-32,34-37,52,54H,7,14,16-22,45H2,1-6H3,(H,46,55)(H,47,57)(H,48,53)(H,49,56)(H,60,61)/t24-,25+,27-,28-,29-,30-,31?,32-,34+,35-,36?,37?/m0/s1. The lowest BCUT2D eigenvalue weighted by Crippen LogP contribution is -2.66. The number of allylic oxidation sites excluding steroid dienone is 1. The number of carboxylic acids is 1. The van der Waals surface area contributed by atoms with Crippen molar-refractivity contribution in [2.24, 2.45) is 23.5 Å². The van der Waals surface area contributed by atoms with Crippen LogP contribution >= 0.6 is 0 Å². The molecule has 19 heteroatoms. The number of fused-ring (bicyclic) bond motifs is 2. The number of benzene rings is 1. The van der Waals surface area contributed by atoms with Crippen LogP contribution < -0.4 is 27.0 Å². The third-order valence-corrected chi connectivity index (χ3v) is 12.2. The summed E-state index contributed by atoms with van der Waals surface area (Å²) < 4.78 is 5.86. The van der Waals surface area contributed by atoms with Crippen molar-refractivity contribution in [3.8, 4) is 0 Å². The number of piperidine rings is 1. The molecule has 0 radical (unpaired) electrons. The zero-order chi connectivity index (χ0) is 46.7. The van der Waals surface area contributed by atoms with Gasteiger partial charge in [-0.15, -0.1) is 0 Å². The van der Waals surface area contributed by atoms with Crippen molar-refractivity contribution in [1.29, 1.82) is 0 Å². The van der Waals surface area contributed by atoms with Crippen molar-refractivity contribution >= 4 is 47.4 Å². The minimum absolute atomic E-state index is 0.00999. The van der Waals surface area contributed by atoms with Gasteiger partial charge in [0.2, 0.25) is 35.4 Å². The molecule has 19 nitrogen and oxygen atoms in total. The van der Waals surface area contributed by atoms with Crippen LogP contribution in [0.3, 0.4) is 0 Å². The maximum Gasteiger partial charge on any atom is 0.329 e. The maximum atomic E-state index is 14.7. The molecule has 2 aliphatic heterocycles. The molecule has 3 aliphatic rings. The van der Waals surface area contributed by atoms with Crippen LogP contribution in [0, 0.1) is 17.8 Å². The summed E-state index contributed by atoms with van der Waals surface area (Å²) in [5, 5.41) is 41.4. The van der Waals surface area contributed by atoms with E-state index in [1.54, 1.807) is 70.2 Å². The molecule has 2 saturated heterocycles. The topological polar surface area (TPSA) is 287 Å². The predicted molar refractivity (Wildman–Crippen MR) is 227 cm³/mol. The molecule has 2 heterocycles. The second kappa shape index (κ2) is 22.8.